The number of aromatic amines is 1. The Labute approximate surface area is 121 Å². The molecule has 2 heterocycles. The summed E-state index contributed by atoms with van der Waals surface area (Å²) >= 11 is 0. The molecule has 1 aliphatic heterocycles. The van der Waals surface area contributed by atoms with Crippen LogP contribution in [0.2, 0.25) is 0 Å². The van der Waals surface area contributed by atoms with E-state index in [0.29, 0.717) is 25.3 Å². The lowest BCUT2D eigenvalue weighted by molar-refractivity contribution is 0.388. The van der Waals surface area contributed by atoms with Gasteiger partial charge < -0.3 is 4.98 Å². The highest BCUT2D eigenvalue weighted by atomic mass is 32.2. The quantitative estimate of drug-likeness (QED) is 0.871. The van der Waals surface area contributed by atoms with Crippen LogP contribution in [-0.4, -0.2) is 35.8 Å². The van der Waals surface area contributed by atoms with Crippen LogP contribution in [0, 0.1) is 5.41 Å². The van der Waals surface area contributed by atoms with Gasteiger partial charge in [0.1, 0.15) is 5.82 Å². The SMILES string of the molecule is CCc1ncc(S(=O)(=O)N2CC=C(C(C)(C)C)CC2)[nH]1. The zero-order chi connectivity index (χ0) is 15.0. The van der Waals surface area contributed by atoms with E-state index in [1.54, 1.807) is 0 Å². The number of hydrogen-bond donors (Lipinski definition) is 1. The molecule has 1 N–H and O–H groups in total. The Hall–Kier alpha value is -1.14. The number of hydrogen-bond acceptors (Lipinski definition) is 3. The van der Waals surface area contributed by atoms with Gasteiger partial charge in [-0.25, -0.2) is 13.4 Å². The zero-order valence-corrected chi connectivity index (χ0v) is 13.4. The maximum Gasteiger partial charge on any atom is 0.260 e. The molecule has 1 aromatic rings. The molecule has 20 heavy (non-hydrogen) atoms. The van der Waals surface area contributed by atoms with Crippen molar-refractivity contribution in [3.8, 4) is 0 Å². The van der Waals surface area contributed by atoms with Crippen molar-refractivity contribution in [3.63, 3.8) is 0 Å². The van der Waals surface area contributed by atoms with Gasteiger partial charge in [0, 0.05) is 19.5 Å². The average Bonchev–Trinajstić information content (AvgIpc) is 2.87. The minimum Gasteiger partial charge on any atom is -0.332 e. The second-order valence-electron chi connectivity index (χ2n) is 6.14. The van der Waals surface area contributed by atoms with E-state index in [1.807, 2.05) is 13.0 Å². The first-order valence-electron chi connectivity index (χ1n) is 6.98. The molecule has 0 saturated heterocycles. The van der Waals surface area contributed by atoms with Crippen LogP contribution in [0.15, 0.2) is 22.9 Å². The van der Waals surface area contributed by atoms with Crippen LogP contribution in [0.3, 0.4) is 0 Å². The number of imidazole rings is 1. The Morgan fingerprint density at radius 3 is 2.55 bits per heavy atom. The van der Waals surface area contributed by atoms with Crippen LogP contribution in [0.4, 0.5) is 0 Å². The predicted octanol–water partition coefficient (Wildman–Crippen LogP) is 2.34. The third-order valence-electron chi connectivity index (χ3n) is 3.69. The molecule has 0 aliphatic carbocycles. The first-order chi connectivity index (χ1) is 9.25. The predicted molar refractivity (Wildman–Crippen MR) is 78.9 cm³/mol. The van der Waals surface area contributed by atoms with Crippen molar-refractivity contribution in [2.24, 2.45) is 5.41 Å². The number of nitrogens with zero attached hydrogens (tertiary/aromatic N) is 2. The van der Waals surface area contributed by atoms with Crippen LogP contribution in [0.5, 0.6) is 0 Å². The second kappa shape index (κ2) is 5.33. The maximum absolute atomic E-state index is 12.5. The van der Waals surface area contributed by atoms with Crippen LogP contribution < -0.4 is 0 Å². The fourth-order valence-electron chi connectivity index (χ4n) is 2.34. The van der Waals surface area contributed by atoms with Gasteiger partial charge in [0.05, 0.1) is 6.20 Å². The largest absolute Gasteiger partial charge is 0.332 e. The third kappa shape index (κ3) is 2.96. The van der Waals surface area contributed by atoms with Crippen LogP contribution in [-0.2, 0) is 16.4 Å². The van der Waals surface area contributed by atoms with Crippen molar-refractivity contribution >= 4 is 10.0 Å². The molecule has 1 aliphatic rings. The minimum atomic E-state index is -3.45. The molecule has 0 aromatic carbocycles. The summed E-state index contributed by atoms with van der Waals surface area (Å²) in [5, 5.41) is 0.196. The Morgan fingerprint density at radius 2 is 2.10 bits per heavy atom. The summed E-state index contributed by atoms with van der Waals surface area (Å²) in [6, 6.07) is 0. The van der Waals surface area contributed by atoms with Gasteiger partial charge >= 0.3 is 0 Å². The molecule has 0 unspecified atom stereocenters. The van der Waals surface area contributed by atoms with Gasteiger partial charge in [-0.2, -0.15) is 4.31 Å². The van der Waals surface area contributed by atoms with Crippen molar-refractivity contribution in [3.05, 3.63) is 23.7 Å². The van der Waals surface area contributed by atoms with Gasteiger partial charge in [-0.3, -0.25) is 0 Å². The molecule has 0 bridgehead atoms. The van der Waals surface area contributed by atoms with E-state index in [2.05, 4.69) is 30.7 Å². The van der Waals surface area contributed by atoms with E-state index in [9.17, 15) is 8.42 Å². The summed E-state index contributed by atoms with van der Waals surface area (Å²) in [5.41, 5.74) is 1.43. The van der Waals surface area contributed by atoms with Crippen LogP contribution in [0.25, 0.3) is 0 Å². The highest BCUT2D eigenvalue weighted by Crippen LogP contribution is 2.31. The highest BCUT2D eigenvalue weighted by Gasteiger charge is 2.30. The van der Waals surface area contributed by atoms with Gasteiger partial charge in [-0.1, -0.05) is 39.3 Å². The molecule has 0 atom stereocenters. The lowest BCUT2D eigenvalue weighted by Crippen LogP contribution is -2.36. The van der Waals surface area contributed by atoms with E-state index in [4.69, 9.17) is 0 Å². The summed E-state index contributed by atoms with van der Waals surface area (Å²) < 4.78 is 26.5. The lowest BCUT2D eigenvalue weighted by atomic mass is 9.83. The normalized spacial score (nSPS) is 18.1. The molecule has 0 fully saturated rings. The summed E-state index contributed by atoms with van der Waals surface area (Å²) in [7, 11) is -3.45. The number of sulfonamides is 1. The van der Waals surface area contributed by atoms with Gasteiger partial charge in [0.25, 0.3) is 10.0 Å². The van der Waals surface area contributed by atoms with Gasteiger partial charge in [-0.15, -0.1) is 0 Å². The van der Waals surface area contributed by atoms with Crippen LogP contribution in [0.1, 0.15) is 39.9 Å². The van der Waals surface area contributed by atoms with Crippen molar-refractivity contribution in [2.45, 2.75) is 45.6 Å². The van der Waals surface area contributed by atoms with Gasteiger partial charge in [-0.05, 0) is 11.8 Å². The molecule has 0 spiro atoms. The van der Waals surface area contributed by atoms with E-state index in [0.717, 1.165) is 6.42 Å². The Bertz CT molecular complexity index is 609. The molecule has 0 saturated carbocycles. The smallest absolute Gasteiger partial charge is 0.260 e. The summed E-state index contributed by atoms with van der Waals surface area (Å²) in [4.78, 5) is 6.95. The number of nitrogens with one attached hydrogen (secondary N) is 1. The number of H-pyrrole nitrogens is 1. The fraction of sp³-hybridized carbons (Fsp3) is 0.643. The highest BCUT2D eigenvalue weighted by molar-refractivity contribution is 7.89. The average molecular weight is 297 g/mol. The topological polar surface area (TPSA) is 66.1 Å². The van der Waals surface area contributed by atoms with Crippen molar-refractivity contribution in [2.75, 3.05) is 13.1 Å². The summed E-state index contributed by atoms with van der Waals surface area (Å²) in [6.45, 7) is 9.39. The third-order valence-corrected chi connectivity index (χ3v) is 5.47. The molecule has 0 radical (unpaired) electrons. The van der Waals surface area contributed by atoms with Crippen LogP contribution >= 0.6 is 0 Å². The Kier molecular flexibility index (Phi) is 4.07. The Morgan fingerprint density at radius 1 is 1.40 bits per heavy atom. The molecule has 5 nitrogen and oxygen atoms in total. The van der Waals surface area contributed by atoms with E-state index >= 15 is 0 Å². The number of aromatic nitrogens is 2. The molecule has 1 aromatic heterocycles. The molecular weight excluding hydrogens is 274 g/mol. The van der Waals surface area contributed by atoms with E-state index < -0.39 is 10.0 Å². The van der Waals surface area contributed by atoms with Gasteiger partial charge in [0.15, 0.2) is 5.03 Å². The lowest BCUT2D eigenvalue weighted by Gasteiger charge is -2.31. The van der Waals surface area contributed by atoms with E-state index in [-0.39, 0.29) is 10.4 Å². The molecule has 0 amide bonds. The molecule has 2 rings (SSSR count). The standard InChI is InChI=1S/C14H23N3O2S/c1-5-12-15-10-13(16-12)20(18,19)17-8-6-11(7-9-17)14(2,3)4/h6,10H,5,7-9H2,1-4H3,(H,15,16). The summed E-state index contributed by atoms with van der Waals surface area (Å²) in [6.07, 6.45) is 4.94. The number of aryl methyl sites for hydroxylation is 1. The van der Waals surface area contributed by atoms with Crippen molar-refractivity contribution in [1.29, 1.82) is 0 Å². The maximum atomic E-state index is 12.5. The molecular formula is C14H23N3O2S. The zero-order valence-electron chi connectivity index (χ0n) is 12.6. The van der Waals surface area contributed by atoms with Crippen molar-refractivity contribution < 1.29 is 8.42 Å². The minimum absolute atomic E-state index is 0.110. The summed E-state index contributed by atoms with van der Waals surface area (Å²) in [5.74, 6) is 0.700. The monoisotopic (exact) mass is 297 g/mol. The molecule has 112 valence electrons. The number of rotatable bonds is 3. The second-order valence-corrected chi connectivity index (χ2v) is 8.05. The first-order valence-corrected chi connectivity index (χ1v) is 8.42. The van der Waals surface area contributed by atoms with Gasteiger partial charge in [0.2, 0.25) is 0 Å². The first kappa shape index (κ1) is 15.3. The Balaban J connectivity index is 2.19. The van der Waals surface area contributed by atoms with E-state index in [1.165, 1.54) is 16.1 Å². The molecule has 6 heteroatoms. The van der Waals surface area contributed by atoms with Crippen molar-refractivity contribution in [1.82, 2.24) is 14.3 Å². The fourth-order valence-corrected chi connectivity index (χ4v) is 3.66.